The smallest absolute Gasteiger partial charge is 0.187 e. The second-order valence-corrected chi connectivity index (χ2v) is 5.60. The molecular weight excluding hydrogens is 286 g/mol. The molecule has 1 saturated carbocycles. The van der Waals surface area contributed by atoms with Crippen LogP contribution in [0.4, 0.5) is 0 Å². The summed E-state index contributed by atoms with van der Waals surface area (Å²) in [5.41, 5.74) is 2.74. The minimum Gasteiger partial charge on any atom is -0.467 e. The van der Waals surface area contributed by atoms with Gasteiger partial charge in [-0.05, 0) is 48.8 Å². The van der Waals surface area contributed by atoms with Crippen molar-refractivity contribution < 1.29 is 8.83 Å². The van der Waals surface area contributed by atoms with Gasteiger partial charge in [0.05, 0.1) is 19.0 Å². The maximum Gasteiger partial charge on any atom is 0.187 e. The Bertz CT molecular complexity index is 633. The fourth-order valence-electron chi connectivity index (χ4n) is 2.13. The van der Waals surface area contributed by atoms with Gasteiger partial charge >= 0.3 is 0 Å². The Morgan fingerprint density at radius 2 is 2.33 bits per heavy atom. The molecule has 0 aliphatic heterocycles. The third kappa shape index (κ3) is 3.72. The van der Waals surface area contributed by atoms with Crippen molar-refractivity contribution in [3.05, 3.63) is 47.8 Å². The fraction of sp³-hybridized carbons (Fsp3) is 0.333. The molecule has 2 aromatic heterocycles. The summed E-state index contributed by atoms with van der Waals surface area (Å²) >= 11 is 5.11. The second-order valence-electron chi connectivity index (χ2n) is 5.19. The van der Waals surface area contributed by atoms with E-state index in [9.17, 15) is 0 Å². The van der Waals surface area contributed by atoms with Gasteiger partial charge in [-0.15, -0.1) is 0 Å². The van der Waals surface area contributed by atoms with Crippen molar-refractivity contribution in [2.24, 2.45) is 11.0 Å². The predicted octanol–water partition coefficient (Wildman–Crippen LogP) is 2.99. The average molecular weight is 303 g/mol. The van der Waals surface area contributed by atoms with Gasteiger partial charge in [0.1, 0.15) is 17.3 Å². The number of nitrogens with one attached hydrogen (secondary N) is 2. The van der Waals surface area contributed by atoms with Gasteiger partial charge < -0.3 is 14.2 Å². The molecule has 2 atom stereocenters. The van der Waals surface area contributed by atoms with Gasteiger partial charge in [-0.3, -0.25) is 5.43 Å². The summed E-state index contributed by atoms with van der Waals surface area (Å²) in [5.74, 6) is 3.90. The van der Waals surface area contributed by atoms with E-state index in [2.05, 4.69) is 22.8 Å². The molecule has 5 nitrogen and oxygen atoms in total. The van der Waals surface area contributed by atoms with Gasteiger partial charge in [-0.25, -0.2) is 0 Å². The highest BCUT2D eigenvalue weighted by Crippen LogP contribution is 2.47. The van der Waals surface area contributed by atoms with Crippen molar-refractivity contribution in [2.45, 2.75) is 25.8 Å². The van der Waals surface area contributed by atoms with Crippen LogP contribution in [0.2, 0.25) is 0 Å². The molecule has 2 aromatic rings. The third-order valence-corrected chi connectivity index (χ3v) is 3.72. The molecule has 0 amide bonds. The molecule has 0 radical (unpaired) electrons. The van der Waals surface area contributed by atoms with E-state index in [1.807, 2.05) is 24.3 Å². The molecule has 0 saturated heterocycles. The number of rotatable bonds is 5. The van der Waals surface area contributed by atoms with Gasteiger partial charge in [0, 0.05) is 5.92 Å². The van der Waals surface area contributed by atoms with Crippen molar-refractivity contribution >= 4 is 23.5 Å². The molecule has 0 aromatic carbocycles. The highest BCUT2D eigenvalue weighted by atomic mass is 32.1. The zero-order chi connectivity index (χ0) is 14.7. The minimum absolute atomic E-state index is 0.435. The minimum atomic E-state index is 0.435. The molecule has 3 rings (SSSR count). The van der Waals surface area contributed by atoms with E-state index >= 15 is 0 Å². The largest absolute Gasteiger partial charge is 0.467 e. The summed E-state index contributed by atoms with van der Waals surface area (Å²) in [6.45, 7) is 2.75. The SMILES string of the molecule is C[C@@H]1C[C@H]1c1ccc(/C=N\NC(=S)NCc2ccco2)o1. The highest BCUT2D eigenvalue weighted by Gasteiger charge is 2.36. The Balaban J connectivity index is 1.43. The van der Waals surface area contributed by atoms with Crippen LogP contribution in [0.5, 0.6) is 0 Å². The lowest BCUT2D eigenvalue weighted by molar-refractivity contribution is 0.499. The summed E-state index contributed by atoms with van der Waals surface area (Å²) in [5, 5.41) is 7.48. The van der Waals surface area contributed by atoms with Crippen LogP contribution in [0.1, 0.15) is 36.5 Å². The first-order chi connectivity index (χ1) is 10.2. The molecule has 21 heavy (non-hydrogen) atoms. The average Bonchev–Trinajstić information content (AvgIpc) is 2.90. The Kier molecular flexibility index (Phi) is 4.06. The third-order valence-electron chi connectivity index (χ3n) is 3.48. The Morgan fingerprint density at radius 3 is 3.05 bits per heavy atom. The molecule has 0 unspecified atom stereocenters. The lowest BCUT2D eigenvalue weighted by atomic mass is 10.3. The van der Waals surface area contributed by atoms with Crippen LogP contribution in [0.15, 0.2) is 44.5 Å². The maximum atomic E-state index is 5.71. The highest BCUT2D eigenvalue weighted by molar-refractivity contribution is 7.80. The Labute approximate surface area is 128 Å². The zero-order valence-corrected chi connectivity index (χ0v) is 12.5. The number of hydrazone groups is 1. The Morgan fingerprint density at radius 1 is 1.48 bits per heavy atom. The molecule has 2 N–H and O–H groups in total. The molecule has 110 valence electrons. The van der Waals surface area contributed by atoms with Crippen LogP contribution in [0.3, 0.4) is 0 Å². The normalized spacial score (nSPS) is 20.6. The van der Waals surface area contributed by atoms with Crippen LogP contribution in [-0.2, 0) is 6.54 Å². The summed E-state index contributed by atoms with van der Waals surface area (Å²) < 4.78 is 10.9. The van der Waals surface area contributed by atoms with Gasteiger partial charge in [0.2, 0.25) is 0 Å². The second kappa shape index (κ2) is 6.13. The predicted molar refractivity (Wildman–Crippen MR) is 84.1 cm³/mol. The van der Waals surface area contributed by atoms with Crippen molar-refractivity contribution in [3.63, 3.8) is 0 Å². The molecule has 1 fully saturated rings. The molecule has 0 bridgehead atoms. The maximum absolute atomic E-state index is 5.71. The standard InChI is InChI=1S/C15H17N3O2S/c1-10-7-13(10)14-5-4-12(20-14)9-17-18-15(21)16-8-11-3-2-6-19-11/h2-6,9-10,13H,7-8H2,1H3,(H2,16,18,21)/b17-9-/t10-,13-/m1/s1. The van der Waals surface area contributed by atoms with Crippen molar-refractivity contribution in [3.8, 4) is 0 Å². The van der Waals surface area contributed by atoms with E-state index in [0.29, 0.717) is 17.6 Å². The van der Waals surface area contributed by atoms with Gasteiger partial charge in [-0.1, -0.05) is 6.92 Å². The first-order valence-electron chi connectivity index (χ1n) is 6.91. The van der Waals surface area contributed by atoms with Crippen molar-refractivity contribution in [1.82, 2.24) is 10.7 Å². The molecule has 6 heteroatoms. The summed E-state index contributed by atoms with van der Waals surface area (Å²) in [6.07, 6.45) is 4.46. The lowest BCUT2D eigenvalue weighted by Gasteiger charge is -2.04. The number of hydrogen-bond acceptors (Lipinski definition) is 4. The summed E-state index contributed by atoms with van der Waals surface area (Å²) in [4.78, 5) is 0. The van der Waals surface area contributed by atoms with Gasteiger partial charge in [0.25, 0.3) is 0 Å². The quantitative estimate of drug-likeness (QED) is 0.505. The summed E-state index contributed by atoms with van der Waals surface area (Å²) in [6, 6.07) is 7.65. The van der Waals surface area contributed by atoms with Crippen LogP contribution in [0.25, 0.3) is 0 Å². The summed E-state index contributed by atoms with van der Waals surface area (Å²) in [7, 11) is 0. The molecule has 1 aliphatic carbocycles. The zero-order valence-electron chi connectivity index (χ0n) is 11.7. The molecule has 1 aliphatic rings. The fourth-order valence-corrected chi connectivity index (χ4v) is 2.26. The molecule has 0 spiro atoms. The molecule has 2 heterocycles. The van der Waals surface area contributed by atoms with Gasteiger partial charge in [0.15, 0.2) is 5.11 Å². The van der Waals surface area contributed by atoms with Crippen LogP contribution in [-0.4, -0.2) is 11.3 Å². The monoisotopic (exact) mass is 303 g/mol. The number of thiocarbonyl (C=S) groups is 1. The topological polar surface area (TPSA) is 62.7 Å². The van der Waals surface area contributed by atoms with Crippen LogP contribution in [0, 0.1) is 5.92 Å². The number of nitrogens with zero attached hydrogens (tertiary/aromatic N) is 1. The van der Waals surface area contributed by atoms with Crippen LogP contribution >= 0.6 is 12.2 Å². The van der Waals surface area contributed by atoms with E-state index in [0.717, 1.165) is 23.2 Å². The van der Waals surface area contributed by atoms with Crippen molar-refractivity contribution in [2.75, 3.05) is 0 Å². The number of hydrogen-bond donors (Lipinski definition) is 2. The van der Waals surface area contributed by atoms with E-state index in [4.69, 9.17) is 21.1 Å². The molecular formula is C15H17N3O2S. The first-order valence-corrected chi connectivity index (χ1v) is 7.32. The lowest BCUT2D eigenvalue weighted by Crippen LogP contribution is -2.31. The van der Waals surface area contributed by atoms with Crippen molar-refractivity contribution in [1.29, 1.82) is 0 Å². The Hall–Kier alpha value is -2.08. The van der Waals surface area contributed by atoms with E-state index in [1.165, 1.54) is 6.42 Å². The van der Waals surface area contributed by atoms with E-state index < -0.39 is 0 Å². The van der Waals surface area contributed by atoms with Crippen LogP contribution < -0.4 is 10.7 Å². The van der Waals surface area contributed by atoms with E-state index in [1.54, 1.807) is 12.5 Å². The number of furan rings is 2. The first kappa shape index (κ1) is 13.9. The van der Waals surface area contributed by atoms with E-state index in [-0.39, 0.29) is 0 Å². The van der Waals surface area contributed by atoms with Gasteiger partial charge in [-0.2, -0.15) is 5.10 Å².